The smallest absolute Gasteiger partial charge is 0.342 e. The Morgan fingerprint density at radius 2 is 1.52 bits per heavy atom. The predicted octanol–water partition coefficient (Wildman–Crippen LogP) is 1.19. The fourth-order valence-corrected chi connectivity index (χ4v) is 2.62. The highest BCUT2D eigenvalue weighted by Crippen LogP contribution is 2.44. The molecule has 0 amide bonds. The number of pyridine rings is 1. The quantitative estimate of drug-likeness (QED) is 0.427. The molecule has 0 radical (unpaired) electrons. The number of nitrogens with one attached hydrogen (secondary N) is 1. The fraction of sp³-hybridized carbons (Fsp3) is 0. The van der Waals surface area contributed by atoms with Gasteiger partial charge >= 0.3 is 11.9 Å². The largest absolute Gasteiger partial charge is 0.507 e. The van der Waals surface area contributed by atoms with E-state index in [1.807, 2.05) is 4.98 Å². The van der Waals surface area contributed by atoms with E-state index in [1.54, 1.807) is 0 Å². The molecule has 0 aliphatic carbocycles. The number of rotatable bonds is 3. The molecule has 0 aliphatic rings. The van der Waals surface area contributed by atoms with Gasteiger partial charge in [0.05, 0.1) is 4.47 Å². The second kappa shape index (κ2) is 5.65. The molecule has 0 bridgehead atoms. The molecule has 1 heterocycles. The average molecular weight is 385 g/mol. The Balaban J connectivity index is 3.14. The Hall–Kier alpha value is -3.01. The van der Waals surface area contributed by atoms with Crippen molar-refractivity contribution >= 4 is 33.7 Å². The molecule has 120 valence electrons. The minimum absolute atomic E-state index is 0.188. The van der Waals surface area contributed by atoms with Crippen LogP contribution in [0.3, 0.4) is 0 Å². The molecule has 0 spiro atoms. The van der Waals surface area contributed by atoms with Crippen LogP contribution in [-0.2, 0) is 0 Å². The number of carboxylic acids is 2. The van der Waals surface area contributed by atoms with Crippen LogP contribution in [0.4, 0.5) is 5.82 Å². The third-order valence-corrected chi connectivity index (χ3v) is 3.82. The van der Waals surface area contributed by atoms with Crippen molar-refractivity contribution in [3.63, 3.8) is 0 Å². The van der Waals surface area contributed by atoms with Gasteiger partial charge in [0.1, 0.15) is 28.4 Å². The summed E-state index contributed by atoms with van der Waals surface area (Å²) in [5.41, 5.74) is 1.68. The van der Waals surface area contributed by atoms with E-state index in [0.29, 0.717) is 0 Å². The van der Waals surface area contributed by atoms with Crippen LogP contribution in [0.1, 0.15) is 20.7 Å². The summed E-state index contributed by atoms with van der Waals surface area (Å²) < 4.78 is -0.188. The van der Waals surface area contributed by atoms with Crippen LogP contribution >= 0.6 is 15.9 Å². The number of aromatic carboxylic acids is 2. The first-order valence-electron chi connectivity index (χ1n) is 5.90. The van der Waals surface area contributed by atoms with Gasteiger partial charge in [-0.05, 0) is 28.1 Å². The van der Waals surface area contributed by atoms with Gasteiger partial charge in [0.25, 0.3) is 5.56 Å². The van der Waals surface area contributed by atoms with E-state index in [-0.39, 0.29) is 10.0 Å². The van der Waals surface area contributed by atoms with E-state index < -0.39 is 51.5 Å². The number of aromatic nitrogens is 1. The highest BCUT2D eigenvalue weighted by atomic mass is 79.9. The number of carboxylic acid groups (broad SMARTS) is 2. The molecule has 23 heavy (non-hydrogen) atoms. The van der Waals surface area contributed by atoms with Crippen molar-refractivity contribution in [1.82, 2.24) is 4.98 Å². The summed E-state index contributed by atoms with van der Waals surface area (Å²) in [5.74, 6) is -4.88. The molecule has 2 aromatic rings. The lowest BCUT2D eigenvalue weighted by molar-refractivity contribution is 0.0695. The van der Waals surface area contributed by atoms with Crippen LogP contribution in [-0.4, -0.2) is 37.3 Å². The zero-order valence-corrected chi connectivity index (χ0v) is 12.7. The Morgan fingerprint density at radius 1 is 1.00 bits per heavy atom. The molecule has 0 saturated heterocycles. The molecule has 0 fully saturated rings. The molecule has 0 aliphatic heterocycles. The topological polar surface area (TPSA) is 174 Å². The second-order valence-electron chi connectivity index (χ2n) is 4.40. The number of halogens is 1. The molecule has 0 saturated carbocycles. The first kappa shape index (κ1) is 16.4. The fourth-order valence-electron chi connectivity index (χ4n) is 2.09. The normalized spacial score (nSPS) is 10.5. The monoisotopic (exact) mass is 384 g/mol. The van der Waals surface area contributed by atoms with E-state index in [0.717, 1.165) is 12.1 Å². The maximum Gasteiger partial charge on any atom is 0.342 e. The number of phenolic OH excluding ortho intramolecular Hbond substituents is 2. The molecule has 0 atom stereocenters. The minimum Gasteiger partial charge on any atom is -0.507 e. The third kappa shape index (κ3) is 2.59. The van der Waals surface area contributed by atoms with Crippen LogP contribution in [0.5, 0.6) is 11.5 Å². The number of anilines is 1. The van der Waals surface area contributed by atoms with E-state index in [1.165, 1.54) is 0 Å². The summed E-state index contributed by atoms with van der Waals surface area (Å²) in [4.78, 5) is 36.7. The molecule has 7 N–H and O–H groups in total. The van der Waals surface area contributed by atoms with E-state index >= 15 is 0 Å². The molecular weight excluding hydrogens is 376 g/mol. The summed E-state index contributed by atoms with van der Waals surface area (Å²) in [6.07, 6.45) is 0. The van der Waals surface area contributed by atoms with Gasteiger partial charge in [-0.1, -0.05) is 0 Å². The lowest BCUT2D eigenvalue weighted by Gasteiger charge is -2.15. The van der Waals surface area contributed by atoms with Crippen LogP contribution < -0.4 is 11.3 Å². The summed E-state index contributed by atoms with van der Waals surface area (Å²) in [7, 11) is 0. The van der Waals surface area contributed by atoms with Crippen molar-refractivity contribution in [2.24, 2.45) is 0 Å². The van der Waals surface area contributed by atoms with Crippen LogP contribution in [0, 0.1) is 0 Å². The minimum atomic E-state index is -1.72. The van der Waals surface area contributed by atoms with Crippen molar-refractivity contribution in [2.45, 2.75) is 0 Å². The summed E-state index contributed by atoms with van der Waals surface area (Å²) in [6.45, 7) is 0. The number of nitrogen functional groups attached to an aromatic ring is 1. The van der Waals surface area contributed by atoms with E-state index in [4.69, 9.17) is 5.73 Å². The number of benzene rings is 1. The number of nitrogens with two attached hydrogens (primary N) is 1. The van der Waals surface area contributed by atoms with Crippen LogP contribution in [0.25, 0.3) is 11.1 Å². The molecule has 1 aromatic heterocycles. The van der Waals surface area contributed by atoms with Crippen LogP contribution in [0.2, 0.25) is 0 Å². The number of hydrogen-bond donors (Lipinski definition) is 6. The highest BCUT2D eigenvalue weighted by molar-refractivity contribution is 9.10. The summed E-state index contributed by atoms with van der Waals surface area (Å²) >= 11 is 2.93. The number of H-pyrrole nitrogens is 1. The molecule has 10 heteroatoms. The Kier molecular flexibility index (Phi) is 4.02. The maximum absolute atomic E-state index is 11.9. The first-order valence-corrected chi connectivity index (χ1v) is 6.69. The highest BCUT2D eigenvalue weighted by Gasteiger charge is 2.30. The van der Waals surface area contributed by atoms with Gasteiger partial charge in [-0.15, -0.1) is 0 Å². The van der Waals surface area contributed by atoms with Crippen molar-refractivity contribution in [3.8, 4) is 22.6 Å². The summed E-state index contributed by atoms with van der Waals surface area (Å²) in [6, 6.07) is 2.12. The summed E-state index contributed by atoms with van der Waals surface area (Å²) in [5, 5.41) is 38.2. The lowest BCUT2D eigenvalue weighted by Crippen LogP contribution is -2.24. The van der Waals surface area contributed by atoms with E-state index in [2.05, 4.69) is 15.9 Å². The average Bonchev–Trinajstić information content (AvgIpc) is 2.42. The Bertz CT molecular complexity index is 904. The SMILES string of the molecule is Nc1[nH]c(=O)c(C(=O)O)c(-c2c(O)ccc(O)c2Br)c1C(=O)O. The predicted molar refractivity (Wildman–Crippen MR) is 81.9 cm³/mol. The second-order valence-corrected chi connectivity index (χ2v) is 5.19. The Labute approximate surface area is 135 Å². The van der Waals surface area contributed by atoms with Gasteiger partial charge in [0.2, 0.25) is 0 Å². The van der Waals surface area contributed by atoms with Crippen LogP contribution in [0.15, 0.2) is 21.4 Å². The number of carbonyl (C=O) groups is 2. The first-order chi connectivity index (χ1) is 10.7. The van der Waals surface area contributed by atoms with Crippen molar-refractivity contribution < 1.29 is 30.0 Å². The molecule has 1 aromatic carbocycles. The molecular formula is C13H9BrN2O7. The van der Waals surface area contributed by atoms with Gasteiger partial charge in [0.15, 0.2) is 0 Å². The zero-order chi connectivity index (χ0) is 17.5. The third-order valence-electron chi connectivity index (χ3n) is 3.02. The van der Waals surface area contributed by atoms with E-state index in [9.17, 15) is 34.8 Å². The van der Waals surface area contributed by atoms with Gasteiger partial charge in [-0.2, -0.15) is 0 Å². The van der Waals surface area contributed by atoms with Gasteiger partial charge in [-0.25, -0.2) is 9.59 Å². The lowest BCUT2D eigenvalue weighted by atomic mass is 9.94. The van der Waals surface area contributed by atoms with Crippen molar-refractivity contribution in [2.75, 3.05) is 5.73 Å². The van der Waals surface area contributed by atoms with Gasteiger partial charge in [0, 0.05) is 11.1 Å². The van der Waals surface area contributed by atoms with Crippen molar-refractivity contribution in [3.05, 3.63) is 38.1 Å². The zero-order valence-electron chi connectivity index (χ0n) is 11.1. The molecule has 0 unspecified atom stereocenters. The Morgan fingerprint density at radius 3 is 2.04 bits per heavy atom. The van der Waals surface area contributed by atoms with Gasteiger partial charge < -0.3 is 31.1 Å². The standard InChI is InChI=1S/C13H9BrN2O7/c14-9-4(18)2-1-3(17)5(9)6-7(12(20)21)10(15)16-11(19)8(6)13(22)23/h1-2,17-18H,(H,20,21)(H,22,23)(H3,15,16,19). The molecule has 9 nitrogen and oxygen atoms in total. The maximum atomic E-state index is 11.9. The number of hydrogen-bond acceptors (Lipinski definition) is 6. The number of aromatic amines is 1. The van der Waals surface area contributed by atoms with Crippen molar-refractivity contribution in [1.29, 1.82) is 0 Å². The van der Waals surface area contributed by atoms with Gasteiger partial charge in [-0.3, -0.25) is 4.79 Å². The number of phenols is 2. The molecule has 2 rings (SSSR count). The number of aromatic hydroxyl groups is 2.